The predicted octanol–water partition coefficient (Wildman–Crippen LogP) is 1.09. The second-order valence-corrected chi connectivity index (χ2v) is 2.23. The van der Waals surface area contributed by atoms with Gasteiger partial charge in [-0.2, -0.15) is 0 Å². The van der Waals surface area contributed by atoms with Crippen molar-refractivity contribution >= 4 is 29.1 Å². The van der Waals surface area contributed by atoms with Crippen molar-refractivity contribution in [1.29, 1.82) is 0 Å². The normalized spacial score (nSPS) is 8.67. The van der Waals surface area contributed by atoms with Crippen LogP contribution < -0.4 is 5.32 Å². The summed E-state index contributed by atoms with van der Waals surface area (Å²) < 4.78 is 0. The zero-order valence-corrected chi connectivity index (χ0v) is 6.30. The summed E-state index contributed by atoms with van der Waals surface area (Å²) in [6, 6.07) is 0. The fraction of sp³-hybridized carbons (Fsp3) is 0.400. The second-order valence-electron chi connectivity index (χ2n) is 1.43. The lowest BCUT2D eigenvalue weighted by Crippen LogP contribution is -2.25. The van der Waals surface area contributed by atoms with Gasteiger partial charge in [-0.3, -0.25) is 4.79 Å². The fourth-order valence-electron chi connectivity index (χ4n) is 0.242. The van der Waals surface area contributed by atoms with Crippen LogP contribution in [-0.2, 0) is 4.79 Å². The molecule has 0 saturated heterocycles. The molecule has 0 rings (SSSR count). The van der Waals surface area contributed by atoms with Gasteiger partial charge in [0.2, 0.25) is 5.91 Å². The van der Waals surface area contributed by atoms with Gasteiger partial charge < -0.3 is 5.32 Å². The Hall–Kier alpha value is -0.210. The number of nitrogens with one attached hydrogen (secondary N) is 1. The molecule has 0 radical (unpaired) electrons. The van der Waals surface area contributed by atoms with Crippen LogP contribution in [0.3, 0.4) is 0 Å². The molecule has 0 aromatic rings. The van der Waals surface area contributed by atoms with Crippen molar-refractivity contribution in [2.45, 2.75) is 0 Å². The number of alkyl halides is 1. The predicted molar refractivity (Wildman–Crippen MR) is 38.7 cm³/mol. The van der Waals surface area contributed by atoms with E-state index in [-0.39, 0.29) is 18.3 Å². The number of carbonyl (C=O) groups is 1. The monoisotopic (exact) mass is 167 g/mol. The SMILES string of the molecule is C=C(Cl)CNC(=O)CCl. The van der Waals surface area contributed by atoms with Crippen LogP contribution in [0.25, 0.3) is 0 Å². The third kappa shape index (κ3) is 5.66. The van der Waals surface area contributed by atoms with Gasteiger partial charge in [-0.15, -0.1) is 11.6 Å². The molecule has 0 unspecified atom stereocenters. The van der Waals surface area contributed by atoms with E-state index >= 15 is 0 Å². The number of carbonyl (C=O) groups excluding carboxylic acids is 1. The van der Waals surface area contributed by atoms with Gasteiger partial charge in [0, 0.05) is 5.03 Å². The zero-order chi connectivity index (χ0) is 7.28. The lowest BCUT2D eigenvalue weighted by Gasteiger charge is -1.97. The summed E-state index contributed by atoms with van der Waals surface area (Å²) in [5.74, 6) is -0.275. The molecule has 9 heavy (non-hydrogen) atoms. The summed E-state index contributed by atoms with van der Waals surface area (Å²) in [4.78, 5) is 10.4. The Morgan fingerprint density at radius 2 is 2.22 bits per heavy atom. The van der Waals surface area contributed by atoms with Gasteiger partial charge in [-0.1, -0.05) is 18.2 Å². The van der Waals surface area contributed by atoms with Crippen molar-refractivity contribution in [2.75, 3.05) is 12.4 Å². The first kappa shape index (κ1) is 8.79. The van der Waals surface area contributed by atoms with Crippen LogP contribution >= 0.6 is 23.2 Å². The molecule has 2 nitrogen and oxygen atoms in total. The van der Waals surface area contributed by atoms with Crippen LogP contribution in [0.4, 0.5) is 0 Å². The van der Waals surface area contributed by atoms with Crippen molar-refractivity contribution in [3.8, 4) is 0 Å². The molecule has 0 aliphatic heterocycles. The molecule has 0 fully saturated rings. The molecule has 0 spiro atoms. The van der Waals surface area contributed by atoms with Gasteiger partial charge in [-0.25, -0.2) is 0 Å². The average molecular weight is 168 g/mol. The van der Waals surface area contributed by atoms with E-state index in [0.29, 0.717) is 5.03 Å². The molecule has 52 valence electrons. The third-order valence-electron chi connectivity index (χ3n) is 0.599. The van der Waals surface area contributed by atoms with Gasteiger partial charge in [-0.05, 0) is 0 Å². The molecule has 0 aromatic heterocycles. The molecule has 4 heteroatoms. The van der Waals surface area contributed by atoms with Gasteiger partial charge in [0.25, 0.3) is 0 Å². The van der Waals surface area contributed by atoms with E-state index in [0.717, 1.165) is 0 Å². The Morgan fingerprint density at radius 1 is 1.67 bits per heavy atom. The molecule has 0 aliphatic carbocycles. The van der Waals surface area contributed by atoms with Crippen LogP contribution in [-0.4, -0.2) is 18.3 Å². The number of amides is 1. The van der Waals surface area contributed by atoms with Gasteiger partial charge in [0.1, 0.15) is 5.88 Å². The zero-order valence-electron chi connectivity index (χ0n) is 4.79. The lowest BCUT2D eigenvalue weighted by molar-refractivity contribution is -0.118. The maximum atomic E-state index is 10.4. The van der Waals surface area contributed by atoms with E-state index in [1.54, 1.807) is 0 Å². The first-order chi connectivity index (χ1) is 4.16. The van der Waals surface area contributed by atoms with E-state index in [2.05, 4.69) is 11.9 Å². The molecular formula is C5H7Cl2NO. The van der Waals surface area contributed by atoms with Crippen LogP contribution in [0, 0.1) is 0 Å². The third-order valence-corrected chi connectivity index (χ3v) is 0.975. The van der Waals surface area contributed by atoms with Crippen molar-refractivity contribution in [2.24, 2.45) is 0 Å². The largest absolute Gasteiger partial charge is 0.350 e. The minimum Gasteiger partial charge on any atom is -0.350 e. The molecule has 0 bridgehead atoms. The Balaban J connectivity index is 3.28. The number of halogens is 2. The maximum absolute atomic E-state index is 10.4. The van der Waals surface area contributed by atoms with E-state index in [4.69, 9.17) is 23.2 Å². The summed E-state index contributed by atoms with van der Waals surface area (Å²) in [6.45, 7) is 3.65. The Bertz CT molecular complexity index is 124. The molecule has 0 aliphatic rings. The smallest absolute Gasteiger partial charge is 0.235 e. The van der Waals surface area contributed by atoms with Crippen LogP contribution in [0.1, 0.15) is 0 Å². The van der Waals surface area contributed by atoms with Crippen LogP contribution in [0.5, 0.6) is 0 Å². The quantitative estimate of drug-likeness (QED) is 0.628. The second kappa shape index (κ2) is 4.65. The Labute approximate surface area is 63.8 Å². The highest BCUT2D eigenvalue weighted by Gasteiger charge is 1.95. The van der Waals surface area contributed by atoms with Gasteiger partial charge >= 0.3 is 0 Å². The van der Waals surface area contributed by atoms with Gasteiger partial charge in [0.15, 0.2) is 0 Å². The van der Waals surface area contributed by atoms with Gasteiger partial charge in [0.05, 0.1) is 6.54 Å². The standard InChI is InChI=1S/C5H7Cl2NO/c1-4(7)3-8-5(9)2-6/h1-3H2,(H,8,9). The topological polar surface area (TPSA) is 29.1 Å². The van der Waals surface area contributed by atoms with E-state index < -0.39 is 0 Å². The fourth-order valence-corrected chi connectivity index (χ4v) is 0.403. The average Bonchev–Trinajstić information content (AvgIpc) is 1.83. The minimum absolute atomic E-state index is 0.0375. The first-order valence-corrected chi connectivity index (χ1v) is 3.24. The number of hydrogen-bond donors (Lipinski definition) is 1. The summed E-state index contributed by atoms with van der Waals surface area (Å²) in [5, 5.41) is 2.83. The highest BCUT2D eigenvalue weighted by molar-refractivity contribution is 6.30. The highest BCUT2D eigenvalue weighted by atomic mass is 35.5. The maximum Gasteiger partial charge on any atom is 0.235 e. The highest BCUT2D eigenvalue weighted by Crippen LogP contribution is 1.91. The lowest BCUT2D eigenvalue weighted by atomic mass is 10.6. The van der Waals surface area contributed by atoms with Crippen molar-refractivity contribution in [1.82, 2.24) is 5.32 Å². The minimum atomic E-state index is -0.238. The molecule has 0 saturated carbocycles. The number of rotatable bonds is 3. The summed E-state index contributed by atoms with van der Waals surface area (Å²) in [7, 11) is 0. The summed E-state index contributed by atoms with van der Waals surface area (Å²) in [6.07, 6.45) is 0. The van der Waals surface area contributed by atoms with Crippen LogP contribution in [0.15, 0.2) is 11.6 Å². The molecular weight excluding hydrogens is 161 g/mol. The van der Waals surface area contributed by atoms with Crippen molar-refractivity contribution in [3.05, 3.63) is 11.6 Å². The van der Waals surface area contributed by atoms with Crippen molar-refractivity contribution in [3.63, 3.8) is 0 Å². The molecule has 0 heterocycles. The van der Waals surface area contributed by atoms with Crippen LogP contribution in [0.2, 0.25) is 0 Å². The summed E-state index contributed by atoms with van der Waals surface area (Å²) >= 11 is 10.5. The van der Waals surface area contributed by atoms with E-state index in [1.807, 2.05) is 0 Å². The van der Waals surface area contributed by atoms with Crippen molar-refractivity contribution < 1.29 is 4.79 Å². The molecule has 1 N–H and O–H groups in total. The molecule has 0 aromatic carbocycles. The van der Waals surface area contributed by atoms with E-state index in [9.17, 15) is 4.79 Å². The first-order valence-electron chi connectivity index (χ1n) is 2.32. The Morgan fingerprint density at radius 3 is 2.56 bits per heavy atom. The Kier molecular flexibility index (Phi) is 4.54. The molecule has 0 atom stereocenters. The summed E-state index contributed by atoms with van der Waals surface area (Å²) in [5.41, 5.74) is 0. The van der Waals surface area contributed by atoms with E-state index in [1.165, 1.54) is 0 Å². The molecule has 1 amide bonds. The number of hydrogen-bond acceptors (Lipinski definition) is 1.